The molecule has 0 radical (unpaired) electrons. The number of hydrazine groups is 1. The molecule has 1 heterocycles. The molecular formula is C14H15N5O6S. The van der Waals surface area contributed by atoms with Gasteiger partial charge in [-0.15, -0.1) is 0 Å². The Morgan fingerprint density at radius 3 is 2.42 bits per heavy atom. The van der Waals surface area contributed by atoms with E-state index in [2.05, 4.69) is 15.6 Å². The van der Waals surface area contributed by atoms with Crippen LogP contribution in [-0.4, -0.2) is 36.8 Å². The third-order valence-corrected chi connectivity index (χ3v) is 4.78. The van der Waals surface area contributed by atoms with Crippen molar-refractivity contribution in [1.29, 1.82) is 0 Å². The van der Waals surface area contributed by atoms with Gasteiger partial charge in [-0.3, -0.25) is 30.6 Å². The number of nitrogens with zero attached hydrogens (tertiary/aromatic N) is 2. The molecule has 11 nitrogen and oxygen atoms in total. The third-order valence-electron chi connectivity index (χ3n) is 3.40. The second-order valence-electron chi connectivity index (χ2n) is 5.10. The first-order valence-corrected chi connectivity index (χ1v) is 8.59. The number of aromatic nitrogens is 1. The Balaban J connectivity index is 2.11. The summed E-state index contributed by atoms with van der Waals surface area (Å²) in [6.45, 7) is 0. The Morgan fingerprint density at radius 2 is 1.81 bits per heavy atom. The number of aryl methyl sites for hydroxylation is 1. The molecule has 1 aromatic carbocycles. The number of hydrogen-bond donors (Lipinski definition) is 3. The lowest BCUT2D eigenvalue weighted by Gasteiger charge is -2.07. The number of rotatable bonds is 5. The first-order valence-electron chi connectivity index (χ1n) is 7.10. The summed E-state index contributed by atoms with van der Waals surface area (Å²) in [7, 11) is -1.02. The highest BCUT2D eigenvalue weighted by molar-refractivity contribution is 7.89. The van der Waals surface area contributed by atoms with Gasteiger partial charge in [0.15, 0.2) is 0 Å². The number of carbonyl (C=O) groups excluding carboxylic acids is 2. The number of nitro groups is 1. The second kappa shape index (κ2) is 7.33. The Morgan fingerprint density at radius 1 is 1.15 bits per heavy atom. The highest BCUT2D eigenvalue weighted by atomic mass is 32.2. The number of amides is 2. The fraction of sp³-hybridized carbons (Fsp3) is 0.143. The van der Waals surface area contributed by atoms with Crippen LogP contribution in [0.4, 0.5) is 5.69 Å². The van der Waals surface area contributed by atoms with Crippen molar-refractivity contribution in [3.8, 4) is 0 Å². The topological polar surface area (TPSA) is 152 Å². The van der Waals surface area contributed by atoms with E-state index in [1.54, 1.807) is 0 Å². The van der Waals surface area contributed by atoms with Crippen LogP contribution in [0.1, 0.15) is 20.8 Å². The van der Waals surface area contributed by atoms with Gasteiger partial charge >= 0.3 is 0 Å². The SMILES string of the molecule is CNS(=O)(=O)c1cc(C(=O)NNC(=O)c2cccc([N+](=O)[O-])c2)n(C)c1. The lowest BCUT2D eigenvalue weighted by atomic mass is 10.2. The van der Waals surface area contributed by atoms with E-state index in [-0.39, 0.29) is 21.8 Å². The van der Waals surface area contributed by atoms with E-state index in [9.17, 15) is 28.1 Å². The Bertz CT molecular complexity index is 981. The van der Waals surface area contributed by atoms with E-state index in [0.717, 1.165) is 12.1 Å². The number of hydrogen-bond acceptors (Lipinski definition) is 6. The summed E-state index contributed by atoms with van der Waals surface area (Å²) >= 11 is 0. The molecule has 2 amide bonds. The van der Waals surface area contributed by atoms with Crippen LogP contribution in [0.15, 0.2) is 41.4 Å². The molecule has 0 atom stereocenters. The predicted molar refractivity (Wildman–Crippen MR) is 89.7 cm³/mol. The van der Waals surface area contributed by atoms with Crippen LogP contribution >= 0.6 is 0 Å². The van der Waals surface area contributed by atoms with Gasteiger partial charge in [-0.1, -0.05) is 6.07 Å². The maximum absolute atomic E-state index is 12.1. The maximum atomic E-state index is 12.1. The van der Waals surface area contributed by atoms with Crippen LogP contribution in [-0.2, 0) is 17.1 Å². The lowest BCUT2D eigenvalue weighted by Crippen LogP contribution is -2.42. The molecule has 0 saturated carbocycles. The van der Waals surface area contributed by atoms with E-state index >= 15 is 0 Å². The molecule has 2 aromatic rings. The van der Waals surface area contributed by atoms with E-state index in [1.807, 2.05) is 0 Å². The molecule has 0 unspecified atom stereocenters. The standard InChI is InChI=1S/C14H15N5O6S/c1-15-26(24,25)11-7-12(18(2)8-11)14(21)17-16-13(20)9-4-3-5-10(6-9)19(22)23/h3-8,15H,1-2H3,(H,16,20)(H,17,21). The van der Waals surface area contributed by atoms with Gasteiger partial charge in [0, 0.05) is 30.9 Å². The van der Waals surface area contributed by atoms with Crippen molar-refractivity contribution in [2.75, 3.05) is 7.05 Å². The van der Waals surface area contributed by atoms with E-state index < -0.39 is 26.8 Å². The maximum Gasteiger partial charge on any atom is 0.286 e. The molecular weight excluding hydrogens is 366 g/mol. The molecule has 0 aliphatic carbocycles. The fourth-order valence-corrected chi connectivity index (χ4v) is 2.83. The third kappa shape index (κ3) is 4.04. The average Bonchev–Trinajstić information content (AvgIpc) is 3.02. The van der Waals surface area contributed by atoms with Crippen LogP contribution in [0.5, 0.6) is 0 Å². The first-order chi connectivity index (χ1) is 12.2. The number of nitro benzene ring substituents is 1. The van der Waals surface area contributed by atoms with Gasteiger partial charge < -0.3 is 4.57 Å². The van der Waals surface area contributed by atoms with Gasteiger partial charge in [0.2, 0.25) is 10.0 Å². The average molecular weight is 381 g/mol. The zero-order chi connectivity index (χ0) is 19.5. The van der Waals surface area contributed by atoms with E-state index in [1.165, 1.54) is 43.1 Å². The van der Waals surface area contributed by atoms with Crippen LogP contribution in [0.3, 0.4) is 0 Å². The quantitative estimate of drug-likeness (QED) is 0.486. The monoisotopic (exact) mass is 381 g/mol. The van der Waals surface area contributed by atoms with Crippen LogP contribution in [0.2, 0.25) is 0 Å². The van der Waals surface area contributed by atoms with Gasteiger partial charge in [-0.05, 0) is 19.2 Å². The fourth-order valence-electron chi connectivity index (χ4n) is 2.04. The molecule has 0 aliphatic heterocycles. The minimum Gasteiger partial charge on any atom is -0.345 e. The van der Waals surface area contributed by atoms with Crippen LogP contribution in [0.25, 0.3) is 0 Å². The van der Waals surface area contributed by atoms with Crippen molar-refractivity contribution < 1.29 is 22.9 Å². The molecule has 2 rings (SSSR count). The molecule has 0 aliphatic rings. The van der Waals surface area contributed by atoms with Gasteiger partial charge in [0.1, 0.15) is 10.6 Å². The Kier molecular flexibility index (Phi) is 5.38. The van der Waals surface area contributed by atoms with Crippen molar-refractivity contribution in [1.82, 2.24) is 20.1 Å². The van der Waals surface area contributed by atoms with E-state index in [0.29, 0.717) is 0 Å². The number of non-ortho nitro benzene ring substituents is 1. The molecule has 1 aromatic heterocycles. The van der Waals surface area contributed by atoms with Crippen molar-refractivity contribution in [3.63, 3.8) is 0 Å². The minimum atomic E-state index is -3.72. The molecule has 0 fully saturated rings. The largest absolute Gasteiger partial charge is 0.345 e. The van der Waals surface area contributed by atoms with Crippen LogP contribution in [0, 0.1) is 10.1 Å². The number of sulfonamides is 1. The Labute approximate surface area is 148 Å². The lowest BCUT2D eigenvalue weighted by molar-refractivity contribution is -0.384. The zero-order valence-electron chi connectivity index (χ0n) is 13.7. The van der Waals surface area contributed by atoms with Gasteiger partial charge in [0.05, 0.1) is 4.92 Å². The summed E-state index contributed by atoms with van der Waals surface area (Å²) in [6.07, 6.45) is 1.24. The highest BCUT2D eigenvalue weighted by Crippen LogP contribution is 2.14. The normalized spacial score (nSPS) is 11.0. The molecule has 138 valence electrons. The molecule has 0 saturated heterocycles. The van der Waals surface area contributed by atoms with Crippen molar-refractivity contribution in [2.45, 2.75) is 4.90 Å². The number of benzene rings is 1. The summed E-state index contributed by atoms with van der Waals surface area (Å²) < 4.78 is 26.9. The van der Waals surface area contributed by atoms with Gasteiger partial charge in [-0.25, -0.2) is 13.1 Å². The number of nitrogens with one attached hydrogen (secondary N) is 3. The first kappa shape index (κ1) is 19.1. The van der Waals surface area contributed by atoms with Crippen molar-refractivity contribution in [2.24, 2.45) is 7.05 Å². The molecule has 0 bridgehead atoms. The smallest absolute Gasteiger partial charge is 0.286 e. The predicted octanol–water partition coefficient (Wildman–Crippen LogP) is -0.0838. The Hall–Kier alpha value is -3.25. The van der Waals surface area contributed by atoms with Crippen molar-refractivity contribution >= 4 is 27.5 Å². The van der Waals surface area contributed by atoms with E-state index in [4.69, 9.17) is 0 Å². The summed E-state index contributed by atoms with van der Waals surface area (Å²) in [5.41, 5.74) is 3.93. The molecule has 26 heavy (non-hydrogen) atoms. The van der Waals surface area contributed by atoms with Crippen molar-refractivity contribution in [3.05, 3.63) is 57.9 Å². The second-order valence-corrected chi connectivity index (χ2v) is 6.98. The summed E-state index contributed by atoms with van der Waals surface area (Å²) in [4.78, 5) is 34.1. The summed E-state index contributed by atoms with van der Waals surface area (Å²) in [5.74, 6) is -1.52. The number of carbonyl (C=O) groups is 2. The highest BCUT2D eigenvalue weighted by Gasteiger charge is 2.20. The zero-order valence-corrected chi connectivity index (χ0v) is 14.5. The molecule has 0 spiro atoms. The minimum absolute atomic E-state index is 0.0156. The summed E-state index contributed by atoms with van der Waals surface area (Å²) in [5, 5.41) is 10.7. The van der Waals surface area contributed by atoms with Crippen LogP contribution < -0.4 is 15.6 Å². The van der Waals surface area contributed by atoms with Gasteiger partial charge in [0.25, 0.3) is 17.5 Å². The van der Waals surface area contributed by atoms with Gasteiger partial charge in [-0.2, -0.15) is 0 Å². The molecule has 12 heteroatoms. The summed E-state index contributed by atoms with van der Waals surface area (Å²) in [6, 6.07) is 6.10. The molecule has 3 N–H and O–H groups in total.